The molecule has 1 aliphatic rings. The number of carbonyl (C=O) groups is 2. The molecular weight excluding hydrogens is 282 g/mol. The van der Waals surface area contributed by atoms with Crippen molar-refractivity contribution in [3.05, 3.63) is 18.0 Å². The summed E-state index contributed by atoms with van der Waals surface area (Å²) in [6, 6.07) is 2.15. The number of amides is 1. The van der Waals surface area contributed by atoms with Gasteiger partial charge >= 0.3 is 5.97 Å². The molecule has 1 aromatic rings. The van der Waals surface area contributed by atoms with Gasteiger partial charge in [0.05, 0.1) is 6.04 Å². The van der Waals surface area contributed by atoms with Crippen LogP contribution in [0, 0.1) is 0 Å². The highest BCUT2D eigenvalue weighted by molar-refractivity contribution is 5.92. The van der Waals surface area contributed by atoms with Gasteiger partial charge in [-0.15, -0.1) is 0 Å². The van der Waals surface area contributed by atoms with Crippen LogP contribution in [-0.2, 0) is 4.79 Å². The van der Waals surface area contributed by atoms with Crippen LogP contribution < -0.4 is 5.32 Å². The molecular formula is C16H25N3O3. The molecule has 1 heterocycles. The van der Waals surface area contributed by atoms with E-state index in [-0.39, 0.29) is 12.3 Å². The lowest BCUT2D eigenvalue weighted by molar-refractivity contribution is -0.137. The van der Waals surface area contributed by atoms with E-state index in [2.05, 4.69) is 10.4 Å². The Morgan fingerprint density at radius 2 is 1.95 bits per heavy atom. The first-order chi connectivity index (χ1) is 10.7. The van der Waals surface area contributed by atoms with Crippen molar-refractivity contribution in [1.82, 2.24) is 15.1 Å². The number of hydrogen-bond acceptors (Lipinski definition) is 3. The van der Waals surface area contributed by atoms with Crippen LogP contribution in [0.2, 0.25) is 0 Å². The second-order valence-electron chi connectivity index (χ2n) is 5.91. The standard InChI is InChI=1S/C16H25N3O3/c20-15(21)9-3-1-2-6-11-17-16(22)14-10-12-18-19(14)13-7-4-5-8-13/h10,12-13H,1-9,11H2,(H,17,22)(H,20,21). The number of carboxylic acid groups (broad SMARTS) is 1. The van der Waals surface area contributed by atoms with E-state index in [1.807, 2.05) is 4.68 Å². The summed E-state index contributed by atoms with van der Waals surface area (Å²) in [6.45, 7) is 0.627. The summed E-state index contributed by atoms with van der Waals surface area (Å²) in [5.41, 5.74) is 0.651. The van der Waals surface area contributed by atoms with Crippen molar-refractivity contribution in [1.29, 1.82) is 0 Å². The highest BCUT2D eigenvalue weighted by Gasteiger charge is 2.22. The molecule has 0 saturated heterocycles. The summed E-state index contributed by atoms with van der Waals surface area (Å²) in [5, 5.41) is 15.8. The first-order valence-electron chi connectivity index (χ1n) is 8.22. The first kappa shape index (κ1) is 16.5. The Bertz CT molecular complexity index is 493. The van der Waals surface area contributed by atoms with Crippen molar-refractivity contribution >= 4 is 11.9 Å². The summed E-state index contributed by atoms with van der Waals surface area (Å²) in [4.78, 5) is 22.6. The van der Waals surface area contributed by atoms with Crippen molar-refractivity contribution in [3.63, 3.8) is 0 Å². The maximum Gasteiger partial charge on any atom is 0.303 e. The number of rotatable bonds is 9. The molecule has 2 N–H and O–H groups in total. The Labute approximate surface area is 130 Å². The number of carbonyl (C=O) groups excluding carboxylic acids is 1. The van der Waals surface area contributed by atoms with Crippen molar-refractivity contribution in [2.24, 2.45) is 0 Å². The second kappa shape index (κ2) is 8.56. The van der Waals surface area contributed by atoms with Gasteiger partial charge in [0.1, 0.15) is 5.69 Å². The lowest BCUT2D eigenvalue weighted by Gasteiger charge is -2.14. The third-order valence-electron chi connectivity index (χ3n) is 4.18. The van der Waals surface area contributed by atoms with Gasteiger partial charge in [-0.2, -0.15) is 5.10 Å². The van der Waals surface area contributed by atoms with Gasteiger partial charge in [-0.3, -0.25) is 14.3 Å². The van der Waals surface area contributed by atoms with Crippen LogP contribution >= 0.6 is 0 Å². The summed E-state index contributed by atoms with van der Waals surface area (Å²) in [6.07, 6.45) is 9.96. The van der Waals surface area contributed by atoms with Gasteiger partial charge in [0.2, 0.25) is 0 Å². The Hall–Kier alpha value is -1.85. The average molecular weight is 307 g/mol. The number of hydrogen-bond donors (Lipinski definition) is 2. The maximum atomic E-state index is 12.2. The summed E-state index contributed by atoms with van der Waals surface area (Å²) in [7, 11) is 0. The predicted octanol–water partition coefficient (Wildman–Crippen LogP) is 2.76. The zero-order valence-electron chi connectivity index (χ0n) is 13.0. The number of unbranched alkanes of at least 4 members (excludes halogenated alkanes) is 3. The minimum absolute atomic E-state index is 0.0602. The molecule has 0 aliphatic heterocycles. The molecule has 0 radical (unpaired) electrons. The Morgan fingerprint density at radius 1 is 1.23 bits per heavy atom. The molecule has 0 bridgehead atoms. The fourth-order valence-corrected chi connectivity index (χ4v) is 2.98. The molecule has 0 unspecified atom stereocenters. The molecule has 6 heteroatoms. The molecule has 22 heavy (non-hydrogen) atoms. The number of aliphatic carboxylic acids is 1. The predicted molar refractivity (Wildman–Crippen MR) is 82.8 cm³/mol. The van der Waals surface area contributed by atoms with E-state index in [1.165, 1.54) is 12.8 Å². The smallest absolute Gasteiger partial charge is 0.303 e. The highest BCUT2D eigenvalue weighted by Crippen LogP contribution is 2.29. The van der Waals surface area contributed by atoms with Gasteiger partial charge in [0.15, 0.2) is 0 Å². The molecule has 0 aromatic carbocycles. The molecule has 1 aliphatic carbocycles. The van der Waals surface area contributed by atoms with Crippen LogP contribution in [0.3, 0.4) is 0 Å². The quantitative estimate of drug-likeness (QED) is 0.687. The molecule has 6 nitrogen and oxygen atoms in total. The zero-order valence-corrected chi connectivity index (χ0v) is 13.0. The molecule has 1 amide bonds. The second-order valence-corrected chi connectivity index (χ2v) is 5.91. The Kier molecular flexibility index (Phi) is 6.43. The normalized spacial score (nSPS) is 15.1. The third kappa shape index (κ3) is 4.86. The fourth-order valence-electron chi connectivity index (χ4n) is 2.98. The number of nitrogens with zero attached hydrogens (tertiary/aromatic N) is 2. The van der Waals surface area contributed by atoms with Crippen LogP contribution in [0.4, 0.5) is 0 Å². The van der Waals surface area contributed by atoms with E-state index >= 15 is 0 Å². The lowest BCUT2D eigenvalue weighted by atomic mass is 10.1. The molecule has 0 atom stereocenters. The molecule has 122 valence electrons. The highest BCUT2D eigenvalue weighted by atomic mass is 16.4. The lowest BCUT2D eigenvalue weighted by Crippen LogP contribution is -2.28. The van der Waals surface area contributed by atoms with E-state index in [0.29, 0.717) is 24.7 Å². The topological polar surface area (TPSA) is 84.2 Å². The van der Waals surface area contributed by atoms with Crippen molar-refractivity contribution in [3.8, 4) is 0 Å². The summed E-state index contributed by atoms with van der Waals surface area (Å²) in [5.74, 6) is -0.802. The van der Waals surface area contributed by atoms with E-state index in [4.69, 9.17) is 5.11 Å². The third-order valence-corrected chi connectivity index (χ3v) is 4.18. The SMILES string of the molecule is O=C(O)CCCCCCNC(=O)c1ccnn1C1CCCC1. The summed E-state index contributed by atoms with van der Waals surface area (Å²) < 4.78 is 1.87. The molecule has 2 rings (SSSR count). The molecule has 0 spiro atoms. The number of aromatic nitrogens is 2. The van der Waals surface area contributed by atoms with Crippen molar-refractivity contribution in [2.75, 3.05) is 6.54 Å². The average Bonchev–Trinajstić information content (AvgIpc) is 3.15. The Morgan fingerprint density at radius 3 is 2.68 bits per heavy atom. The number of carboxylic acids is 1. The van der Waals surface area contributed by atoms with E-state index < -0.39 is 5.97 Å². The summed E-state index contributed by atoms with van der Waals surface area (Å²) >= 11 is 0. The van der Waals surface area contributed by atoms with Gasteiger partial charge in [-0.05, 0) is 31.7 Å². The van der Waals surface area contributed by atoms with Gasteiger partial charge in [0, 0.05) is 19.2 Å². The van der Waals surface area contributed by atoms with Crippen molar-refractivity contribution in [2.45, 2.75) is 63.8 Å². The van der Waals surface area contributed by atoms with E-state index in [9.17, 15) is 9.59 Å². The molecule has 1 aromatic heterocycles. The Balaban J connectivity index is 1.67. The van der Waals surface area contributed by atoms with Crippen molar-refractivity contribution < 1.29 is 14.7 Å². The molecule has 1 fully saturated rings. The van der Waals surface area contributed by atoms with Gasteiger partial charge < -0.3 is 10.4 Å². The molecule has 1 saturated carbocycles. The van der Waals surface area contributed by atoms with Crippen LogP contribution in [0.1, 0.15) is 74.3 Å². The van der Waals surface area contributed by atoms with E-state index in [1.54, 1.807) is 12.3 Å². The minimum Gasteiger partial charge on any atom is -0.481 e. The largest absolute Gasteiger partial charge is 0.481 e. The first-order valence-corrected chi connectivity index (χ1v) is 8.22. The monoisotopic (exact) mass is 307 g/mol. The fraction of sp³-hybridized carbons (Fsp3) is 0.688. The van der Waals surface area contributed by atoms with E-state index in [0.717, 1.165) is 32.1 Å². The minimum atomic E-state index is -0.742. The van der Waals surface area contributed by atoms with Gasteiger partial charge in [-0.1, -0.05) is 25.7 Å². The van der Waals surface area contributed by atoms with Gasteiger partial charge in [-0.25, -0.2) is 0 Å². The number of nitrogens with one attached hydrogen (secondary N) is 1. The van der Waals surface area contributed by atoms with Crippen LogP contribution in [0.25, 0.3) is 0 Å². The van der Waals surface area contributed by atoms with Gasteiger partial charge in [0.25, 0.3) is 5.91 Å². The van der Waals surface area contributed by atoms with Crippen LogP contribution in [0.5, 0.6) is 0 Å². The van der Waals surface area contributed by atoms with Crippen LogP contribution in [0.15, 0.2) is 12.3 Å². The van der Waals surface area contributed by atoms with Crippen LogP contribution in [-0.4, -0.2) is 33.3 Å². The zero-order chi connectivity index (χ0) is 15.8. The maximum absolute atomic E-state index is 12.2.